The van der Waals surface area contributed by atoms with Gasteiger partial charge in [-0.15, -0.1) is 0 Å². The number of nitrogens with zero attached hydrogens (tertiary/aromatic N) is 1. The summed E-state index contributed by atoms with van der Waals surface area (Å²) in [6, 6.07) is 5.58. The molecule has 0 spiro atoms. The van der Waals surface area contributed by atoms with Crippen LogP contribution in [0.1, 0.15) is 0 Å². The molecule has 0 N–H and O–H groups in total. The maximum atomic E-state index is 10.7. The molecule has 0 aliphatic rings. The standard InChI is InChI=1S/C10H15NO5S.Na/c1-15-7-11(8-16-2)9-3-5-10(6-4-9)17(12,13)14;/h3-6H,7-8H2,1-2H3,(H,12,13,14);/q;+1/p-1. The fourth-order valence-electron chi connectivity index (χ4n) is 1.32. The van der Waals surface area contributed by atoms with Crippen LogP contribution in [0, 0.1) is 0 Å². The largest absolute Gasteiger partial charge is 1.00 e. The van der Waals surface area contributed by atoms with Crippen LogP contribution in [0.3, 0.4) is 0 Å². The predicted octanol–water partition coefficient (Wildman–Crippen LogP) is -2.39. The normalized spacial score (nSPS) is 10.8. The molecule has 18 heavy (non-hydrogen) atoms. The van der Waals surface area contributed by atoms with E-state index in [9.17, 15) is 13.0 Å². The number of methoxy groups -OCH3 is 2. The molecule has 1 aromatic carbocycles. The maximum Gasteiger partial charge on any atom is 1.00 e. The summed E-state index contributed by atoms with van der Waals surface area (Å²) < 4.78 is 42.2. The van der Waals surface area contributed by atoms with Gasteiger partial charge in [0.15, 0.2) is 0 Å². The van der Waals surface area contributed by atoms with Crippen LogP contribution >= 0.6 is 0 Å². The summed E-state index contributed by atoms with van der Waals surface area (Å²) in [4.78, 5) is 1.48. The Morgan fingerprint density at radius 2 is 1.56 bits per heavy atom. The summed E-state index contributed by atoms with van der Waals surface area (Å²) in [5.74, 6) is 0. The average molecular weight is 283 g/mol. The molecule has 0 heterocycles. The second-order valence-electron chi connectivity index (χ2n) is 3.32. The molecule has 0 aromatic heterocycles. The van der Waals surface area contributed by atoms with E-state index in [0.29, 0.717) is 19.1 Å². The molecule has 8 heteroatoms. The Morgan fingerprint density at radius 1 is 1.11 bits per heavy atom. The second kappa shape index (κ2) is 8.11. The zero-order valence-electron chi connectivity index (χ0n) is 10.6. The van der Waals surface area contributed by atoms with E-state index in [1.807, 2.05) is 0 Å². The Labute approximate surface area is 129 Å². The van der Waals surface area contributed by atoms with E-state index in [0.717, 1.165) is 0 Å². The van der Waals surface area contributed by atoms with Crippen LogP contribution in [-0.4, -0.2) is 40.7 Å². The Morgan fingerprint density at radius 3 is 1.89 bits per heavy atom. The van der Waals surface area contributed by atoms with Crippen molar-refractivity contribution >= 4 is 15.8 Å². The van der Waals surface area contributed by atoms with Crippen LogP contribution < -0.4 is 34.5 Å². The summed E-state index contributed by atoms with van der Waals surface area (Å²) in [5, 5.41) is 0. The van der Waals surface area contributed by atoms with Gasteiger partial charge < -0.3 is 18.9 Å². The van der Waals surface area contributed by atoms with Crippen molar-refractivity contribution < 1.29 is 52.0 Å². The fourth-order valence-corrected chi connectivity index (χ4v) is 1.79. The van der Waals surface area contributed by atoms with Crippen LogP contribution in [0.5, 0.6) is 0 Å². The molecule has 0 aliphatic heterocycles. The summed E-state index contributed by atoms with van der Waals surface area (Å²) in [6.07, 6.45) is 0. The van der Waals surface area contributed by atoms with Crippen molar-refractivity contribution in [2.75, 3.05) is 32.6 Å². The molecule has 0 saturated heterocycles. The third-order valence-electron chi connectivity index (χ3n) is 2.06. The third kappa shape index (κ3) is 5.23. The van der Waals surface area contributed by atoms with E-state index < -0.39 is 10.1 Å². The minimum Gasteiger partial charge on any atom is -0.744 e. The molecule has 0 amide bonds. The molecule has 0 bridgehead atoms. The Kier molecular flexibility index (Phi) is 8.04. The number of anilines is 1. The van der Waals surface area contributed by atoms with Gasteiger partial charge in [0.1, 0.15) is 23.6 Å². The molecule has 1 aromatic rings. The van der Waals surface area contributed by atoms with Gasteiger partial charge in [0.2, 0.25) is 0 Å². The van der Waals surface area contributed by atoms with Crippen molar-refractivity contribution in [3.8, 4) is 0 Å². The van der Waals surface area contributed by atoms with Gasteiger partial charge in [-0.3, -0.25) is 0 Å². The van der Waals surface area contributed by atoms with Gasteiger partial charge >= 0.3 is 29.6 Å². The molecule has 96 valence electrons. The van der Waals surface area contributed by atoms with Gasteiger partial charge in [0.25, 0.3) is 0 Å². The van der Waals surface area contributed by atoms with Gasteiger partial charge in [-0.25, -0.2) is 8.42 Å². The van der Waals surface area contributed by atoms with Gasteiger partial charge in [0.05, 0.1) is 4.90 Å². The van der Waals surface area contributed by atoms with Crippen molar-refractivity contribution in [2.45, 2.75) is 4.90 Å². The van der Waals surface area contributed by atoms with Gasteiger partial charge in [0, 0.05) is 19.9 Å². The molecule has 0 saturated carbocycles. The van der Waals surface area contributed by atoms with E-state index in [1.165, 1.54) is 24.3 Å². The monoisotopic (exact) mass is 283 g/mol. The summed E-state index contributed by atoms with van der Waals surface area (Å²) in [5.41, 5.74) is 0.709. The van der Waals surface area contributed by atoms with Crippen LogP contribution in [0.25, 0.3) is 0 Å². The minimum atomic E-state index is -4.40. The minimum absolute atomic E-state index is 0. The van der Waals surface area contributed by atoms with E-state index in [4.69, 9.17) is 9.47 Å². The molecular formula is C10H14NNaO5S. The van der Waals surface area contributed by atoms with Gasteiger partial charge in [-0.1, -0.05) is 0 Å². The topological polar surface area (TPSA) is 78.9 Å². The van der Waals surface area contributed by atoms with Crippen molar-refractivity contribution in [1.82, 2.24) is 0 Å². The molecule has 6 nitrogen and oxygen atoms in total. The fraction of sp³-hybridized carbons (Fsp3) is 0.400. The molecule has 0 atom stereocenters. The van der Waals surface area contributed by atoms with Crippen LogP contribution in [0.15, 0.2) is 29.2 Å². The molecule has 0 fully saturated rings. The number of ether oxygens (including phenoxy) is 2. The predicted molar refractivity (Wildman–Crippen MR) is 60.6 cm³/mol. The molecule has 0 aliphatic carbocycles. The van der Waals surface area contributed by atoms with E-state index in [2.05, 4.69) is 0 Å². The van der Waals surface area contributed by atoms with Crippen molar-refractivity contribution in [3.05, 3.63) is 24.3 Å². The maximum absolute atomic E-state index is 10.7. The van der Waals surface area contributed by atoms with Gasteiger partial charge in [-0.2, -0.15) is 0 Å². The molecule has 1 rings (SSSR count). The SMILES string of the molecule is COCN(COC)c1ccc(S(=O)(=O)[O-])cc1.[Na+]. The van der Waals surface area contributed by atoms with E-state index >= 15 is 0 Å². The summed E-state index contributed by atoms with van der Waals surface area (Å²) in [7, 11) is -1.32. The number of hydrogen-bond acceptors (Lipinski definition) is 6. The Hall–Kier alpha value is -0.150. The first kappa shape index (κ1) is 17.8. The van der Waals surface area contributed by atoms with Crippen LogP contribution in [-0.2, 0) is 19.6 Å². The summed E-state index contributed by atoms with van der Waals surface area (Å²) >= 11 is 0. The van der Waals surface area contributed by atoms with E-state index in [-0.39, 0.29) is 34.5 Å². The zero-order chi connectivity index (χ0) is 12.9. The Bertz CT molecular complexity index is 442. The van der Waals surface area contributed by atoms with Crippen LogP contribution in [0.2, 0.25) is 0 Å². The van der Waals surface area contributed by atoms with Crippen molar-refractivity contribution in [2.24, 2.45) is 0 Å². The zero-order valence-corrected chi connectivity index (χ0v) is 13.4. The van der Waals surface area contributed by atoms with Gasteiger partial charge in [-0.05, 0) is 24.3 Å². The van der Waals surface area contributed by atoms with Crippen molar-refractivity contribution in [3.63, 3.8) is 0 Å². The summed E-state index contributed by atoms with van der Waals surface area (Å²) in [6.45, 7) is 0.606. The second-order valence-corrected chi connectivity index (χ2v) is 4.70. The third-order valence-corrected chi connectivity index (χ3v) is 2.91. The Balaban J connectivity index is 0.00000289. The molecule has 0 unspecified atom stereocenters. The first-order chi connectivity index (χ1) is 7.99. The van der Waals surface area contributed by atoms with E-state index in [1.54, 1.807) is 19.1 Å². The first-order valence-electron chi connectivity index (χ1n) is 4.78. The van der Waals surface area contributed by atoms with Crippen molar-refractivity contribution in [1.29, 1.82) is 0 Å². The van der Waals surface area contributed by atoms with Crippen LogP contribution in [0.4, 0.5) is 5.69 Å². The molecule has 0 radical (unpaired) electrons. The number of hydrogen-bond donors (Lipinski definition) is 0. The number of benzene rings is 1. The smallest absolute Gasteiger partial charge is 0.744 e. The average Bonchev–Trinajstić information content (AvgIpc) is 2.28. The first-order valence-corrected chi connectivity index (χ1v) is 6.18. The molecular weight excluding hydrogens is 269 g/mol. The quantitative estimate of drug-likeness (QED) is 0.329. The number of rotatable bonds is 6.